The van der Waals surface area contributed by atoms with Crippen molar-refractivity contribution in [2.24, 2.45) is 5.73 Å². The fourth-order valence-electron chi connectivity index (χ4n) is 1.41. The molecule has 0 saturated heterocycles. The third kappa shape index (κ3) is 5.91. The number of aryl methyl sites for hydroxylation is 1. The molecule has 0 bridgehead atoms. The van der Waals surface area contributed by atoms with Crippen LogP contribution in [0.5, 0.6) is 0 Å². The van der Waals surface area contributed by atoms with Crippen LogP contribution < -0.4 is 21.7 Å². The number of anilines is 1. The van der Waals surface area contributed by atoms with Crippen LogP contribution in [0.3, 0.4) is 0 Å². The van der Waals surface area contributed by atoms with Gasteiger partial charge >= 0.3 is 0 Å². The van der Waals surface area contributed by atoms with E-state index in [1.54, 1.807) is 18.8 Å². The second-order valence-electron chi connectivity index (χ2n) is 3.89. The summed E-state index contributed by atoms with van der Waals surface area (Å²) in [5.41, 5.74) is 6.19. The lowest BCUT2D eigenvalue weighted by molar-refractivity contribution is 0.814. The number of nitriles is 2. The predicted molar refractivity (Wildman–Crippen MR) is 89.1 cm³/mol. The van der Waals surface area contributed by atoms with E-state index in [1.165, 1.54) is 11.3 Å². The number of aromatic nitrogens is 1. The fraction of sp³-hybridized carbons (Fsp3) is 0.333. The van der Waals surface area contributed by atoms with Gasteiger partial charge in [0.25, 0.3) is 0 Å². The summed E-state index contributed by atoms with van der Waals surface area (Å²) >= 11 is 3.03. The van der Waals surface area contributed by atoms with Crippen molar-refractivity contribution in [3.63, 3.8) is 0 Å². The summed E-state index contributed by atoms with van der Waals surface area (Å²) in [6, 6.07) is 3.66. The van der Waals surface area contributed by atoms with Crippen LogP contribution in [0.15, 0.2) is 16.8 Å². The van der Waals surface area contributed by atoms with Crippen molar-refractivity contribution in [2.45, 2.75) is 6.42 Å². The number of nitrogens with one attached hydrogen (secondary N) is 4. The maximum atomic E-state index is 8.79. The number of thioether (sulfide) groups is 1. The van der Waals surface area contributed by atoms with E-state index in [4.69, 9.17) is 21.7 Å². The van der Waals surface area contributed by atoms with E-state index >= 15 is 0 Å². The number of hydrogen-bond acceptors (Lipinski definition) is 8. The highest BCUT2D eigenvalue weighted by atomic mass is 32.2. The summed E-state index contributed by atoms with van der Waals surface area (Å²) in [6.07, 6.45) is 0.782. The van der Waals surface area contributed by atoms with E-state index in [0.29, 0.717) is 16.8 Å². The SMILES string of the molecule is CNC(NCSCCc1csc(NC(=N)N)n1)=C(C#N)C#N. The zero-order valence-corrected chi connectivity index (χ0v) is 13.6. The van der Waals surface area contributed by atoms with Gasteiger partial charge in [-0.05, 0) is 6.42 Å². The summed E-state index contributed by atoms with van der Waals surface area (Å²) in [7, 11) is 1.65. The number of nitrogens with zero attached hydrogens (tertiary/aromatic N) is 3. The van der Waals surface area contributed by atoms with Gasteiger partial charge in [-0.1, -0.05) is 0 Å². The minimum absolute atomic E-state index is 0.0301. The molecule has 0 aliphatic heterocycles. The topological polar surface area (TPSA) is 146 Å². The van der Waals surface area contributed by atoms with Crippen LogP contribution in [0, 0.1) is 28.1 Å². The summed E-state index contributed by atoms with van der Waals surface area (Å²) in [6.45, 7) is 0. The zero-order valence-electron chi connectivity index (χ0n) is 11.9. The van der Waals surface area contributed by atoms with E-state index in [2.05, 4.69) is 20.9 Å². The predicted octanol–water partition coefficient (Wildman–Crippen LogP) is 0.749. The minimum atomic E-state index is -0.128. The quantitative estimate of drug-likeness (QED) is 0.154. The molecule has 0 atom stereocenters. The maximum absolute atomic E-state index is 8.79. The Kier molecular flexibility index (Phi) is 7.61. The van der Waals surface area contributed by atoms with Crippen molar-refractivity contribution in [1.82, 2.24) is 15.6 Å². The Hall–Kier alpha value is -2.43. The Bertz CT molecular complexity index is 606. The molecule has 0 unspecified atom stereocenters. The monoisotopic (exact) mass is 336 g/mol. The van der Waals surface area contributed by atoms with E-state index < -0.39 is 0 Å². The molecular weight excluding hydrogens is 320 g/mol. The normalized spacial score (nSPS) is 9.23. The number of nitrogens with two attached hydrogens (primary N) is 1. The highest BCUT2D eigenvalue weighted by Gasteiger charge is 2.04. The Labute approximate surface area is 136 Å². The molecule has 1 aromatic heterocycles. The van der Waals surface area contributed by atoms with Gasteiger partial charge in [0.1, 0.15) is 18.0 Å². The number of rotatable bonds is 8. The van der Waals surface area contributed by atoms with Gasteiger partial charge in [0.05, 0.1) is 11.6 Å². The van der Waals surface area contributed by atoms with E-state index in [9.17, 15) is 0 Å². The standard InChI is InChI=1S/C12H16N8S2/c1-17-10(8(4-13)5-14)18-7-21-3-2-9-6-22-12(19-9)20-11(15)16/h6,17-18H,2-3,7H2,1H3,(H4,15,16,19,20). The van der Waals surface area contributed by atoms with Crippen molar-refractivity contribution in [1.29, 1.82) is 15.9 Å². The van der Waals surface area contributed by atoms with Crippen LogP contribution in [0.1, 0.15) is 5.69 Å². The molecule has 1 heterocycles. The summed E-state index contributed by atoms with van der Waals surface area (Å²) < 4.78 is 0. The molecule has 0 saturated carbocycles. The minimum Gasteiger partial charge on any atom is -0.373 e. The number of allylic oxidation sites excluding steroid dienone is 1. The van der Waals surface area contributed by atoms with Gasteiger partial charge in [-0.25, -0.2) is 4.98 Å². The maximum Gasteiger partial charge on any atom is 0.192 e. The lowest BCUT2D eigenvalue weighted by Gasteiger charge is -2.09. The van der Waals surface area contributed by atoms with Crippen molar-refractivity contribution < 1.29 is 0 Å². The first-order valence-electron chi connectivity index (χ1n) is 6.20. The van der Waals surface area contributed by atoms with Gasteiger partial charge in [-0.15, -0.1) is 23.1 Å². The molecule has 22 heavy (non-hydrogen) atoms. The molecule has 6 N–H and O–H groups in total. The molecule has 1 rings (SSSR count). The summed E-state index contributed by atoms with van der Waals surface area (Å²) in [4.78, 5) is 4.30. The molecule has 0 aromatic carbocycles. The summed E-state index contributed by atoms with van der Waals surface area (Å²) in [5.74, 6) is 1.71. The van der Waals surface area contributed by atoms with Crippen molar-refractivity contribution in [3.8, 4) is 12.1 Å². The molecular formula is C12H16N8S2. The van der Waals surface area contributed by atoms with Gasteiger partial charge in [-0.3, -0.25) is 5.41 Å². The average molecular weight is 336 g/mol. The average Bonchev–Trinajstić information content (AvgIpc) is 2.92. The largest absolute Gasteiger partial charge is 0.373 e. The molecule has 0 spiro atoms. The van der Waals surface area contributed by atoms with Gasteiger partial charge in [-0.2, -0.15) is 10.5 Å². The summed E-state index contributed by atoms with van der Waals surface area (Å²) in [5, 5.41) is 35.7. The Morgan fingerprint density at radius 1 is 1.50 bits per heavy atom. The fourth-order valence-corrected chi connectivity index (χ4v) is 2.91. The smallest absolute Gasteiger partial charge is 0.192 e. The molecule has 0 radical (unpaired) electrons. The van der Waals surface area contributed by atoms with E-state index in [0.717, 1.165) is 17.9 Å². The molecule has 0 fully saturated rings. The van der Waals surface area contributed by atoms with Crippen molar-refractivity contribution >= 4 is 34.2 Å². The highest BCUT2D eigenvalue weighted by Crippen LogP contribution is 2.16. The molecule has 1 aromatic rings. The second-order valence-corrected chi connectivity index (χ2v) is 5.85. The third-order valence-electron chi connectivity index (χ3n) is 2.37. The first-order chi connectivity index (χ1) is 10.6. The Morgan fingerprint density at radius 2 is 2.23 bits per heavy atom. The van der Waals surface area contributed by atoms with Crippen LogP contribution in [0.25, 0.3) is 0 Å². The van der Waals surface area contributed by atoms with Gasteiger partial charge < -0.3 is 21.7 Å². The lowest BCUT2D eigenvalue weighted by atomic mass is 10.3. The van der Waals surface area contributed by atoms with Crippen LogP contribution in [-0.2, 0) is 6.42 Å². The highest BCUT2D eigenvalue weighted by molar-refractivity contribution is 7.99. The Morgan fingerprint density at radius 3 is 2.82 bits per heavy atom. The number of guanidine groups is 1. The molecule has 8 nitrogen and oxygen atoms in total. The molecule has 0 aliphatic carbocycles. The molecule has 0 aliphatic rings. The number of hydrogen-bond donors (Lipinski definition) is 5. The van der Waals surface area contributed by atoms with Crippen molar-refractivity contribution in [3.05, 3.63) is 22.5 Å². The van der Waals surface area contributed by atoms with E-state index in [1.807, 2.05) is 17.5 Å². The van der Waals surface area contributed by atoms with Gasteiger partial charge in [0.2, 0.25) is 0 Å². The van der Waals surface area contributed by atoms with Crippen LogP contribution in [0.2, 0.25) is 0 Å². The lowest BCUT2D eigenvalue weighted by Crippen LogP contribution is -2.25. The third-order valence-corrected chi connectivity index (χ3v) is 4.02. The van der Waals surface area contributed by atoms with E-state index in [-0.39, 0.29) is 11.5 Å². The molecule has 116 valence electrons. The molecule has 10 heteroatoms. The van der Waals surface area contributed by atoms with Crippen LogP contribution in [0.4, 0.5) is 5.13 Å². The van der Waals surface area contributed by atoms with Gasteiger partial charge in [0.15, 0.2) is 16.7 Å². The number of thiazole rings is 1. The van der Waals surface area contributed by atoms with Crippen LogP contribution in [-0.4, -0.2) is 29.6 Å². The Balaban J connectivity index is 2.33. The van der Waals surface area contributed by atoms with Gasteiger partial charge in [0, 0.05) is 18.2 Å². The van der Waals surface area contributed by atoms with Crippen LogP contribution >= 0.6 is 23.1 Å². The first-order valence-corrected chi connectivity index (χ1v) is 8.23. The molecule has 0 amide bonds. The second kappa shape index (κ2) is 9.50. The zero-order chi connectivity index (χ0) is 16.4. The first kappa shape index (κ1) is 17.6. The van der Waals surface area contributed by atoms with Crippen molar-refractivity contribution in [2.75, 3.05) is 24.0 Å².